The number of fused-ring (bicyclic) bond motifs is 1. The Kier molecular flexibility index (Phi) is 2.31. The summed E-state index contributed by atoms with van der Waals surface area (Å²) in [5.41, 5.74) is 1.08. The van der Waals surface area contributed by atoms with Gasteiger partial charge < -0.3 is 0 Å². The highest BCUT2D eigenvalue weighted by atomic mass is 16.1. The summed E-state index contributed by atoms with van der Waals surface area (Å²) in [6, 6.07) is 3.51. The molecule has 5 heteroatoms. The highest BCUT2D eigenvalue weighted by Gasteiger charge is 2.10. The molecule has 0 atom stereocenters. The Balaban J connectivity index is 2.73. The number of pyridine rings is 1. The smallest absolute Gasteiger partial charge is 0.240 e. The minimum atomic E-state index is 0.274. The van der Waals surface area contributed by atoms with Crippen LogP contribution in [0.25, 0.3) is 5.65 Å². The van der Waals surface area contributed by atoms with E-state index in [-0.39, 0.29) is 5.92 Å². The number of carbonyl (C=O) groups excluding carboxylic acids is 1. The number of hydrogen-bond acceptors (Lipinski definition) is 4. The van der Waals surface area contributed by atoms with E-state index in [2.05, 4.69) is 15.2 Å². The molecule has 76 valence electrons. The summed E-state index contributed by atoms with van der Waals surface area (Å²) >= 11 is 0. The van der Waals surface area contributed by atoms with Gasteiger partial charge in [-0.05, 0) is 12.1 Å². The second-order valence-electron chi connectivity index (χ2n) is 3.50. The van der Waals surface area contributed by atoms with Crippen LogP contribution in [-0.2, 0) is 4.79 Å². The lowest BCUT2D eigenvalue weighted by atomic mass is 10.2. The molecule has 2 heterocycles. The fourth-order valence-electron chi connectivity index (χ4n) is 1.45. The van der Waals surface area contributed by atoms with Gasteiger partial charge in [0, 0.05) is 12.1 Å². The minimum Gasteiger partial charge on any atom is -0.284 e. The molecule has 0 N–H and O–H groups in total. The van der Waals surface area contributed by atoms with Crippen LogP contribution in [0.1, 0.15) is 25.6 Å². The molecule has 0 radical (unpaired) electrons. The van der Waals surface area contributed by atoms with E-state index in [1.807, 2.05) is 24.4 Å². The lowest BCUT2D eigenvalue weighted by molar-refractivity contribution is 0.565. The lowest BCUT2D eigenvalue weighted by Crippen LogP contribution is -1.95. The number of isocyanates is 1. The van der Waals surface area contributed by atoms with E-state index in [1.54, 1.807) is 12.1 Å². The van der Waals surface area contributed by atoms with Crippen molar-refractivity contribution < 1.29 is 4.79 Å². The normalized spacial score (nSPS) is 10.6. The quantitative estimate of drug-likeness (QED) is 0.551. The van der Waals surface area contributed by atoms with Gasteiger partial charge in [-0.1, -0.05) is 13.8 Å². The summed E-state index contributed by atoms with van der Waals surface area (Å²) in [4.78, 5) is 13.8. The zero-order chi connectivity index (χ0) is 10.8. The van der Waals surface area contributed by atoms with Crippen molar-refractivity contribution in [1.82, 2.24) is 14.6 Å². The first-order valence-electron chi connectivity index (χ1n) is 4.65. The van der Waals surface area contributed by atoms with Crippen molar-refractivity contribution in [3.8, 4) is 0 Å². The molecule has 0 saturated carbocycles. The van der Waals surface area contributed by atoms with Crippen LogP contribution in [0.5, 0.6) is 0 Å². The third kappa shape index (κ3) is 1.53. The first kappa shape index (κ1) is 9.55. The van der Waals surface area contributed by atoms with Gasteiger partial charge in [-0.2, -0.15) is 4.99 Å². The zero-order valence-corrected chi connectivity index (χ0v) is 8.51. The van der Waals surface area contributed by atoms with Crippen LogP contribution < -0.4 is 0 Å². The Labute approximate surface area is 86.5 Å². The van der Waals surface area contributed by atoms with Crippen LogP contribution in [0.4, 0.5) is 5.69 Å². The van der Waals surface area contributed by atoms with Crippen molar-refractivity contribution in [3.05, 3.63) is 24.2 Å². The van der Waals surface area contributed by atoms with Crippen LogP contribution in [-0.4, -0.2) is 20.7 Å². The fourth-order valence-corrected chi connectivity index (χ4v) is 1.45. The summed E-state index contributed by atoms with van der Waals surface area (Å²) in [6.07, 6.45) is 3.36. The number of hydrogen-bond donors (Lipinski definition) is 0. The molecule has 0 aliphatic carbocycles. The van der Waals surface area contributed by atoms with Crippen molar-refractivity contribution in [3.63, 3.8) is 0 Å². The Hall–Kier alpha value is -2.00. The molecule has 2 aromatic rings. The fraction of sp³-hybridized carbons (Fsp3) is 0.300. The Morgan fingerprint density at radius 1 is 1.47 bits per heavy atom. The predicted molar refractivity (Wildman–Crippen MR) is 54.9 cm³/mol. The van der Waals surface area contributed by atoms with Crippen LogP contribution in [0, 0.1) is 0 Å². The van der Waals surface area contributed by atoms with Gasteiger partial charge in [-0.15, -0.1) is 10.2 Å². The van der Waals surface area contributed by atoms with E-state index >= 15 is 0 Å². The lowest BCUT2D eigenvalue weighted by Gasteiger charge is -2.02. The van der Waals surface area contributed by atoms with Crippen molar-refractivity contribution in [2.75, 3.05) is 0 Å². The Bertz CT molecular complexity index is 537. The number of aliphatic imine (C=N–C) groups is 1. The Morgan fingerprint density at radius 2 is 2.27 bits per heavy atom. The third-order valence-corrected chi connectivity index (χ3v) is 2.12. The summed E-state index contributed by atoms with van der Waals surface area (Å²) in [7, 11) is 0. The average Bonchev–Trinajstić information content (AvgIpc) is 2.62. The van der Waals surface area contributed by atoms with E-state index in [0.717, 1.165) is 5.82 Å². The topological polar surface area (TPSA) is 59.6 Å². The number of aromatic nitrogens is 3. The molecule has 0 aliphatic rings. The second kappa shape index (κ2) is 3.63. The molecule has 0 aliphatic heterocycles. The van der Waals surface area contributed by atoms with Gasteiger partial charge >= 0.3 is 0 Å². The van der Waals surface area contributed by atoms with Gasteiger partial charge in [-0.25, -0.2) is 4.79 Å². The monoisotopic (exact) mass is 202 g/mol. The van der Waals surface area contributed by atoms with Crippen molar-refractivity contribution in [2.45, 2.75) is 19.8 Å². The maximum absolute atomic E-state index is 10.2. The highest BCUT2D eigenvalue weighted by Crippen LogP contribution is 2.21. The second-order valence-corrected chi connectivity index (χ2v) is 3.50. The van der Waals surface area contributed by atoms with Crippen LogP contribution in [0.3, 0.4) is 0 Å². The van der Waals surface area contributed by atoms with Crippen molar-refractivity contribution in [1.29, 1.82) is 0 Å². The molecule has 0 amide bonds. The van der Waals surface area contributed by atoms with E-state index < -0.39 is 0 Å². The van der Waals surface area contributed by atoms with Gasteiger partial charge in [0.1, 0.15) is 11.5 Å². The summed E-state index contributed by atoms with van der Waals surface area (Å²) in [5, 5.41) is 8.06. The number of rotatable bonds is 2. The van der Waals surface area contributed by atoms with E-state index in [4.69, 9.17) is 0 Å². The zero-order valence-electron chi connectivity index (χ0n) is 8.51. The standard InChI is InChI=1S/C10H10N4O/c1-7(2)9-12-13-10-8(11-6-15)4-3-5-14(9)10/h3-5,7H,1-2H3. The molecule has 0 fully saturated rings. The van der Waals surface area contributed by atoms with Crippen LogP contribution >= 0.6 is 0 Å². The van der Waals surface area contributed by atoms with E-state index in [1.165, 1.54) is 6.08 Å². The van der Waals surface area contributed by atoms with Crippen molar-refractivity contribution in [2.24, 2.45) is 4.99 Å². The first-order valence-corrected chi connectivity index (χ1v) is 4.65. The van der Waals surface area contributed by atoms with E-state index in [0.29, 0.717) is 11.3 Å². The Morgan fingerprint density at radius 3 is 2.93 bits per heavy atom. The SMILES string of the molecule is CC(C)c1nnc2c(N=C=O)cccn12. The molecule has 0 spiro atoms. The van der Waals surface area contributed by atoms with Crippen LogP contribution in [0.15, 0.2) is 23.3 Å². The van der Waals surface area contributed by atoms with Crippen molar-refractivity contribution >= 4 is 17.4 Å². The van der Waals surface area contributed by atoms with Gasteiger partial charge in [0.05, 0.1) is 0 Å². The van der Waals surface area contributed by atoms with Gasteiger partial charge in [-0.3, -0.25) is 4.40 Å². The first-order chi connectivity index (χ1) is 7.24. The molecular weight excluding hydrogens is 192 g/mol. The van der Waals surface area contributed by atoms with Crippen LogP contribution in [0.2, 0.25) is 0 Å². The maximum Gasteiger partial charge on any atom is 0.240 e. The minimum absolute atomic E-state index is 0.274. The molecule has 0 saturated heterocycles. The summed E-state index contributed by atoms with van der Waals surface area (Å²) < 4.78 is 1.83. The van der Waals surface area contributed by atoms with E-state index in [9.17, 15) is 4.79 Å². The van der Waals surface area contributed by atoms with Gasteiger partial charge in [0.2, 0.25) is 6.08 Å². The summed E-state index contributed by atoms with van der Waals surface area (Å²) in [5.74, 6) is 1.13. The number of nitrogens with zero attached hydrogens (tertiary/aromatic N) is 4. The highest BCUT2D eigenvalue weighted by molar-refractivity contribution is 5.66. The molecule has 2 aromatic heterocycles. The molecule has 0 unspecified atom stereocenters. The van der Waals surface area contributed by atoms with Gasteiger partial charge in [0.15, 0.2) is 5.65 Å². The molecular formula is C10H10N4O. The van der Waals surface area contributed by atoms with Gasteiger partial charge in [0.25, 0.3) is 0 Å². The molecule has 5 nitrogen and oxygen atoms in total. The molecule has 2 rings (SSSR count). The third-order valence-electron chi connectivity index (χ3n) is 2.12. The summed E-state index contributed by atoms with van der Waals surface area (Å²) in [6.45, 7) is 4.07. The molecule has 0 bridgehead atoms. The molecule has 15 heavy (non-hydrogen) atoms. The predicted octanol–water partition coefficient (Wildman–Crippen LogP) is 1.82. The largest absolute Gasteiger partial charge is 0.284 e. The maximum atomic E-state index is 10.2. The average molecular weight is 202 g/mol. The molecule has 0 aromatic carbocycles.